The molecule has 17 heavy (non-hydrogen) atoms. The normalized spacial score (nSPS) is 9.94. The first kappa shape index (κ1) is 11.1. The van der Waals surface area contributed by atoms with Gasteiger partial charge in [0.15, 0.2) is 0 Å². The molecule has 2 aromatic heterocycles. The molecule has 0 aromatic carbocycles. The summed E-state index contributed by atoms with van der Waals surface area (Å²) in [5, 5.41) is 9.04. The van der Waals surface area contributed by atoms with Crippen molar-refractivity contribution in [1.82, 2.24) is 20.2 Å². The van der Waals surface area contributed by atoms with Gasteiger partial charge in [-0.2, -0.15) is 5.10 Å². The molecule has 2 N–H and O–H groups in total. The SMILES string of the molecule is CN(CC(=O)Nc1cn[nH]c1)c1ncccn1. The number of hydrogen-bond donors (Lipinski definition) is 2. The number of likely N-dealkylation sites (N-methyl/N-ethyl adjacent to an activating group) is 1. The largest absolute Gasteiger partial charge is 0.335 e. The lowest BCUT2D eigenvalue weighted by Crippen LogP contribution is -2.31. The van der Waals surface area contributed by atoms with Crippen LogP contribution in [0.1, 0.15) is 0 Å². The second-order valence-corrected chi connectivity index (χ2v) is 3.44. The molecular weight excluding hydrogens is 220 g/mol. The summed E-state index contributed by atoms with van der Waals surface area (Å²) in [6, 6.07) is 1.73. The van der Waals surface area contributed by atoms with Crippen molar-refractivity contribution in [2.75, 3.05) is 23.8 Å². The molecule has 7 nitrogen and oxygen atoms in total. The maximum Gasteiger partial charge on any atom is 0.244 e. The van der Waals surface area contributed by atoms with Crippen molar-refractivity contribution >= 4 is 17.5 Å². The summed E-state index contributed by atoms with van der Waals surface area (Å²) < 4.78 is 0. The highest BCUT2D eigenvalue weighted by atomic mass is 16.2. The Labute approximate surface area is 97.9 Å². The number of H-pyrrole nitrogens is 1. The van der Waals surface area contributed by atoms with Gasteiger partial charge in [0.1, 0.15) is 0 Å². The summed E-state index contributed by atoms with van der Waals surface area (Å²) in [5.74, 6) is 0.358. The molecule has 0 aliphatic heterocycles. The van der Waals surface area contributed by atoms with Crippen LogP contribution in [0.3, 0.4) is 0 Å². The highest BCUT2D eigenvalue weighted by Crippen LogP contribution is 2.04. The summed E-state index contributed by atoms with van der Waals surface area (Å²) >= 11 is 0. The van der Waals surface area contributed by atoms with Crippen LogP contribution < -0.4 is 10.2 Å². The minimum Gasteiger partial charge on any atom is -0.335 e. The average molecular weight is 232 g/mol. The standard InChI is InChI=1S/C10H12N6O/c1-16(10-11-3-2-4-12-10)7-9(17)15-8-5-13-14-6-8/h2-6H,7H2,1H3,(H,13,14)(H,15,17). The Morgan fingerprint density at radius 3 is 2.88 bits per heavy atom. The Kier molecular flexibility index (Phi) is 3.29. The van der Waals surface area contributed by atoms with Gasteiger partial charge in [-0.05, 0) is 6.07 Å². The van der Waals surface area contributed by atoms with Crippen molar-refractivity contribution < 1.29 is 4.79 Å². The van der Waals surface area contributed by atoms with Crippen molar-refractivity contribution in [3.8, 4) is 0 Å². The number of rotatable bonds is 4. The van der Waals surface area contributed by atoms with E-state index in [0.29, 0.717) is 11.6 Å². The van der Waals surface area contributed by atoms with Gasteiger partial charge in [0.2, 0.25) is 11.9 Å². The third-order valence-electron chi connectivity index (χ3n) is 2.06. The maximum absolute atomic E-state index is 11.6. The second-order valence-electron chi connectivity index (χ2n) is 3.44. The Hall–Kier alpha value is -2.44. The summed E-state index contributed by atoms with van der Waals surface area (Å²) in [5.41, 5.74) is 0.636. The first-order chi connectivity index (χ1) is 8.25. The molecule has 0 bridgehead atoms. The van der Waals surface area contributed by atoms with Gasteiger partial charge in [-0.25, -0.2) is 9.97 Å². The van der Waals surface area contributed by atoms with Crippen molar-refractivity contribution in [3.05, 3.63) is 30.9 Å². The van der Waals surface area contributed by atoms with Crippen LogP contribution in [0.25, 0.3) is 0 Å². The molecule has 0 atom stereocenters. The molecule has 2 aromatic rings. The van der Waals surface area contributed by atoms with Crippen molar-refractivity contribution in [2.45, 2.75) is 0 Å². The molecular formula is C10H12N6O. The number of amides is 1. The fourth-order valence-electron chi connectivity index (χ4n) is 1.29. The number of nitrogens with zero attached hydrogens (tertiary/aromatic N) is 4. The zero-order valence-electron chi connectivity index (χ0n) is 9.29. The van der Waals surface area contributed by atoms with E-state index in [9.17, 15) is 4.79 Å². The van der Waals surface area contributed by atoms with E-state index in [1.54, 1.807) is 36.6 Å². The van der Waals surface area contributed by atoms with Crippen molar-refractivity contribution in [2.24, 2.45) is 0 Å². The fraction of sp³-hybridized carbons (Fsp3) is 0.200. The third-order valence-corrected chi connectivity index (χ3v) is 2.06. The summed E-state index contributed by atoms with van der Waals surface area (Å²) in [6.07, 6.45) is 6.41. The van der Waals surface area contributed by atoms with E-state index in [0.717, 1.165) is 0 Å². The smallest absolute Gasteiger partial charge is 0.244 e. The maximum atomic E-state index is 11.6. The van der Waals surface area contributed by atoms with Crippen LogP contribution in [-0.2, 0) is 4.79 Å². The molecule has 7 heteroatoms. The number of carbonyl (C=O) groups excluding carboxylic acids is 1. The zero-order valence-corrected chi connectivity index (χ0v) is 9.29. The van der Waals surface area contributed by atoms with Gasteiger partial charge in [-0.15, -0.1) is 0 Å². The Morgan fingerprint density at radius 2 is 2.24 bits per heavy atom. The van der Waals surface area contributed by atoms with Gasteiger partial charge in [0.25, 0.3) is 0 Å². The van der Waals surface area contributed by atoms with E-state index in [1.165, 1.54) is 6.20 Å². The van der Waals surface area contributed by atoms with Crippen molar-refractivity contribution in [1.29, 1.82) is 0 Å². The van der Waals surface area contributed by atoms with Crippen LogP contribution >= 0.6 is 0 Å². The molecule has 0 unspecified atom stereocenters. The van der Waals surface area contributed by atoms with Crippen LogP contribution in [-0.4, -0.2) is 39.7 Å². The van der Waals surface area contributed by atoms with Crippen LogP contribution in [0.2, 0.25) is 0 Å². The second kappa shape index (κ2) is 5.06. The minimum atomic E-state index is -0.152. The van der Waals surface area contributed by atoms with Crippen LogP contribution in [0.15, 0.2) is 30.9 Å². The minimum absolute atomic E-state index is 0.152. The fourth-order valence-corrected chi connectivity index (χ4v) is 1.29. The Balaban J connectivity index is 1.91. The van der Waals surface area contributed by atoms with Gasteiger partial charge in [-0.1, -0.05) is 0 Å². The Morgan fingerprint density at radius 1 is 1.47 bits per heavy atom. The number of nitrogens with one attached hydrogen (secondary N) is 2. The van der Waals surface area contributed by atoms with Gasteiger partial charge >= 0.3 is 0 Å². The molecule has 88 valence electrons. The quantitative estimate of drug-likeness (QED) is 0.790. The number of aromatic amines is 1. The van der Waals surface area contributed by atoms with Gasteiger partial charge in [0.05, 0.1) is 18.4 Å². The summed E-state index contributed by atoms with van der Waals surface area (Å²) in [4.78, 5) is 21.4. The van der Waals surface area contributed by atoms with E-state index >= 15 is 0 Å². The lowest BCUT2D eigenvalue weighted by atomic mass is 10.5. The molecule has 2 rings (SSSR count). The van der Waals surface area contributed by atoms with Crippen LogP contribution in [0.4, 0.5) is 11.6 Å². The number of anilines is 2. The van der Waals surface area contributed by atoms with E-state index in [1.807, 2.05) is 0 Å². The van der Waals surface area contributed by atoms with E-state index < -0.39 is 0 Å². The molecule has 1 amide bonds. The predicted molar refractivity (Wildman–Crippen MR) is 62.5 cm³/mol. The number of hydrogen-bond acceptors (Lipinski definition) is 5. The van der Waals surface area contributed by atoms with E-state index in [-0.39, 0.29) is 12.5 Å². The molecule has 0 spiro atoms. The van der Waals surface area contributed by atoms with E-state index in [4.69, 9.17) is 0 Å². The van der Waals surface area contributed by atoms with E-state index in [2.05, 4.69) is 25.5 Å². The average Bonchev–Trinajstić information content (AvgIpc) is 2.82. The van der Waals surface area contributed by atoms with Crippen molar-refractivity contribution in [3.63, 3.8) is 0 Å². The third kappa shape index (κ3) is 3.00. The molecule has 0 fully saturated rings. The van der Waals surface area contributed by atoms with Gasteiger partial charge in [-0.3, -0.25) is 9.89 Å². The molecule has 0 aliphatic rings. The molecule has 0 saturated carbocycles. The molecule has 0 aliphatic carbocycles. The van der Waals surface area contributed by atoms with Crippen LogP contribution in [0, 0.1) is 0 Å². The first-order valence-corrected chi connectivity index (χ1v) is 5.02. The summed E-state index contributed by atoms with van der Waals surface area (Å²) in [6.45, 7) is 0.176. The topological polar surface area (TPSA) is 86.8 Å². The van der Waals surface area contributed by atoms with Gasteiger partial charge < -0.3 is 10.2 Å². The lowest BCUT2D eigenvalue weighted by Gasteiger charge is -2.15. The lowest BCUT2D eigenvalue weighted by molar-refractivity contribution is -0.114. The van der Waals surface area contributed by atoms with Gasteiger partial charge in [0, 0.05) is 25.6 Å². The Bertz CT molecular complexity index is 469. The zero-order chi connectivity index (χ0) is 12.1. The predicted octanol–water partition coefficient (Wildman–Crippen LogP) is 0.275. The number of carbonyl (C=O) groups is 1. The highest BCUT2D eigenvalue weighted by molar-refractivity contribution is 5.93. The highest BCUT2D eigenvalue weighted by Gasteiger charge is 2.09. The monoisotopic (exact) mass is 232 g/mol. The van der Waals surface area contributed by atoms with Crippen LogP contribution in [0.5, 0.6) is 0 Å². The molecule has 0 saturated heterocycles. The number of aromatic nitrogens is 4. The molecule has 0 radical (unpaired) electrons. The summed E-state index contributed by atoms with van der Waals surface area (Å²) in [7, 11) is 1.75. The molecule has 2 heterocycles. The first-order valence-electron chi connectivity index (χ1n) is 5.02.